The summed E-state index contributed by atoms with van der Waals surface area (Å²) in [6.07, 6.45) is 34.4. The standard InChI is InChI=1S/C47H83NO12S/c1-3-5-7-9-11-13-15-17-19-21-23-25-27-29-31-33-35-40(50)39(38-58-47-44(53)45(60-61(55,56)57)43(52)42(37-49)59-47)48-46(54)41(51)36-34-32-30-28-26-24-22-20-18-16-14-12-10-8-6-4-2/h12,14,17-20,25,27,33,35,39-45,47,49-53H,3-11,13,15-16,21-24,26,28-32,34,36-38H2,1-2H3,(H,48,54)(H,55,56,57)/b14-12-,19-17+,20-18-,27-25+,35-33+. The van der Waals surface area contributed by atoms with Crippen LogP contribution < -0.4 is 5.32 Å². The normalized spacial score (nSPS) is 21.7. The molecule has 1 aliphatic heterocycles. The van der Waals surface area contributed by atoms with Gasteiger partial charge in [0.25, 0.3) is 0 Å². The van der Waals surface area contributed by atoms with Gasteiger partial charge in [-0.1, -0.05) is 152 Å². The van der Waals surface area contributed by atoms with Gasteiger partial charge in [0, 0.05) is 0 Å². The molecule has 0 bridgehead atoms. The number of rotatable bonds is 38. The fourth-order valence-electron chi connectivity index (χ4n) is 6.87. The summed E-state index contributed by atoms with van der Waals surface area (Å²) in [7, 11) is -5.13. The van der Waals surface area contributed by atoms with E-state index in [0.717, 1.165) is 77.0 Å². The van der Waals surface area contributed by atoms with Gasteiger partial charge >= 0.3 is 10.4 Å². The molecule has 1 saturated heterocycles. The molecule has 14 heteroatoms. The molecule has 13 nitrogen and oxygen atoms in total. The van der Waals surface area contributed by atoms with Gasteiger partial charge < -0.3 is 40.3 Å². The predicted molar refractivity (Wildman–Crippen MR) is 242 cm³/mol. The molecular formula is C47H83NO12S. The maximum absolute atomic E-state index is 13.1. The van der Waals surface area contributed by atoms with Crippen molar-refractivity contribution in [1.29, 1.82) is 0 Å². The number of hydrogen-bond acceptors (Lipinski definition) is 11. The van der Waals surface area contributed by atoms with Crippen LogP contribution in [0, 0.1) is 0 Å². The molecule has 0 radical (unpaired) electrons. The third-order valence-electron chi connectivity index (χ3n) is 10.6. The molecule has 1 heterocycles. The number of ether oxygens (including phenoxy) is 2. The van der Waals surface area contributed by atoms with Gasteiger partial charge in [0.15, 0.2) is 6.29 Å². The molecular weight excluding hydrogens is 803 g/mol. The second-order valence-corrected chi connectivity index (χ2v) is 17.2. The van der Waals surface area contributed by atoms with E-state index in [1.54, 1.807) is 6.08 Å². The number of nitrogens with one attached hydrogen (secondary N) is 1. The van der Waals surface area contributed by atoms with Gasteiger partial charge in [-0.15, -0.1) is 0 Å². The molecule has 7 N–H and O–H groups in total. The number of amides is 1. The molecule has 0 saturated carbocycles. The summed E-state index contributed by atoms with van der Waals surface area (Å²) in [6.45, 7) is 3.14. The van der Waals surface area contributed by atoms with Crippen molar-refractivity contribution in [2.45, 2.75) is 217 Å². The van der Waals surface area contributed by atoms with Crippen molar-refractivity contribution in [1.82, 2.24) is 5.32 Å². The average molecular weight is 886 g/mol. The summed E-state index contributed by atoms with van der Waals surface area (Å²) in [5.41, 5.74) is 0. The third kappa shape index (κ3) is 29.7. The zero-order valence-corrected chi connectivity index (χ0v) is 38.1. The summed E-state index contributed by atoms with van der Waals surface area (Å²) in [6, 6.07) is -1.15. The quantitative estimate of drug-likeness (QED) is 0.0179. The van der Waals surface area contributed by atoms with Crippen molar-refractivity contribution in [3.8, 4) is 0 Å². The van der Waals surface area contributed by atoms with Crippen LogP contribution in [0.5, 0.6) is 0 Å². The molecule has 1 rings (SSSR count). The van der Waals surface area contributed by atoms with E-state index < -0.39 is 78.5 Å². The van der Waals surface area contributed by atoms with Gasteiger partial charge in [0.05, 0.1) is 25.4 Å². The lowest BCUT2D eigenvalue weighted by Gasteiger charge is -2.41. The van der Waals surface area contributed by atoms with Crippen molar-refractivity contribution >= 4 is 16.3 Å². The zero-order chi connectivity index (χ0) is 45.0. The zero-order valence-electron chi connectivity index (χ0n) is 37.3. The van der Waals surface area contributed by atoms with Gasteiger partial charge in [0.2, 0.25) is 5.91 Å². The molecule has 0 aliphatic carbocycles. The SMILES string of the molecule is CCCCC/C=C\C/C=C\CCCCCCCCC(O)C(=O)NC(COC1OC(CO)C(O)C(OS(=O)(=O)O)C1O)C(O)/C=C/CC/C=C/CC/C=C/CCCCCCCC. The fraction of sp³-hybridized carbons (Fsp3) is 0.766. The first-order chi connectivity index (χ1) is 29.4. The van der Waals surface area contributed by atoms with Crippen molar-refractivity contribution in [2.24, 2.45) is 0 Å². The highest BCUT2D eigenvalue weighted by molar-refractivity contribution is 7.80. The van der Waals surface area contributed by atoms with E-state index in [0.29, 0.717) is 12.8 Å². The first-order valence-electron chi connectivity index (χ1n) is 23.3. The number of aliphatic hydroxyl groups excluding tert-OH is 5. The molecule has 61 heavy (non-hydrogen) atoms. The Morgan fingerprint density at radius 2 is 1.15 bits per heavy atom. The number of carbonyl (C=O) groups excluding carboxylic acids is 1. The van der Waals surface area contributed by atoms with E-state index >= 15 is 0 Å². The van der Waals surface area contributed by atoms with E-state index in [1.165, 1.54) is 63.9 Å². The highest BCUT2D eigenvalue weighted by atomic mass is 32.3. The van der Waals surface area contributed by atoms with Crippen molar-refractivity contribution in [2.75, 3.05) is 13.2 Å². The minimum absolute atomic E-state index is 0.219. The Morgan fingerprint density at radius 1 is 0.672 bits per heavy atom. The summed E-state index contributed by atoms with van der Waals surface area (Å²) < 4.78 is 47.5. The highest BCUT2D eigenvalue weighted by Crippen LogP contribution is 2.26. The number of aliphatic hydroxyl groups is 5. The number of unbranched alkanes of at least 4 members (excludes halogenated alkanes) is 17. The van der Waals surface area contributed by atoms with Crippen LogP contribution in [0.3, 0.4) is 0 Å². The molecule has 8 unspecified atom stereocenters. The second kappa shape index (κ2) is 37.2. The molecule has 0 spiro atoms. The van der Waals surface area contributed by atoms with Crippen LogP contribution >= 0.6 is 0 Å². The molecule has 1 fully saturated rings. The van der Waals surface area contributed by atoms with Crippen LogP contribution in [0.25, 0.3) is 0 Å². The Hall–Kier alpha value is -2.24. The summed E-state index contributed by atoms with van der Waals surface area (Å²) in [5, 5.41) is 55.2. The molecule has 0 aromatic heterocycles. The third-order valence-corrected chi connectivity index (χ3v) is 11.1. The Bertz CT molecular complexity index is 1340. The Kier molecular flexibility index (Phi) is 34.6. The topological polar surface area (TPSA) is 212 Å². The predicted octanol–water partition coefficient (Wildman–Crippen LogP) is 8.02. The molecule has 1 aliphatic rings. The van der Waals surface area contributed by atoms with Gasteiger partial charge in [-0.2, -0.15) is 8.42 Å². The second-order valence-electron chi connectivity index (χ2n) is 16.1. The average Bonchev–Trinajstić information content (AvgIpc) is 3.23. The molecule has 0 aromatic carbocycles. The monoisotopic (exact) mass is 886 g/mol. The minimum Gasteiger partial charge on any atom is -0.394 e. The summed E-state index contributed by atoms with van der Waals surface area (Å²) in [5.74, 6) is -0.728. The Morgan fingerprint density at radius 3 is 1.70 bits per heavy atom. The minimum atomic E-state index is -5.13. The van der Waals surface area contributed by atoms with Crippen molar-refractivity contribution in [3.05, 3.63) is 60.8 Å². The molecule has 354 valence electrons. The van der Waals surface area contributed by atoms with E-state index in [1.807, 2.05) is 0 Å². The number of carbonyl (C=O) groups is 1. The van der Waals surface area contributed by atoms with Gasteiger partial charge in [-0.25, -0.2) is 4.18 Å². The maximum Gasteiger partial charge on any atom is 0.397 e. The first kappa shape index (κ1) is 56.8. The van der Waals surface area contributed by atoms with Crippen LogP contribution in [0.4, 0.5) is 0 Å². The number of allylic oxidation sites excluding steroid dienone is 9. The Balaban J connectivity index is 2.64. The van der Waals surface area contributed by atoms with E-state index in [4.69, 9.17) is 9.47 Å². The lowest BCUT2D eigenvalue weighted by atomic mass is 9.99. The summed E-state index contributed by atoms with van der Waals surface area (Å²) in [4.78, 5) is 13.1. The first-order valence-corrected chi connectivity index (χ1v) is 24.6. The largest absolute Gasteiger partial charge is 0.397 e. The van der Waals surface area contributed by atoms with Crippen molar-refractivity contribution < 1.29 is 57.0 Å². The summed E-state index contributed by atoms with van der Waals surface area (Å²) >= 11 is 0. The highest BCUT2D eigenvalue weighted by Gasteiger charge is 2.48. The maximum atomic E-state index is 13.1. The van der Waals surface area contributed by atoms with Crippen LogP contribution in [0.2, 0.25) is 0 Å². The van der Waals surface area contributed by atoms with Gasteiger partial charge in [-0.3, -0.25) is 9.35 Å². The number of hydrogen-bond donors (Lipinski definition) is 7. The molecule has 0 aromatic rings. The van der Waals surface area contributed by atoms with Gasteiger partial charge in [0.1, 0.15) is 30.5 Å². The lowest BCUT2D eigenvalue weighted by Crippen LogP contribution is -2.61. The van der Waals surface area contributed by atoms with Crippen molar-refractivity contribution in [3.63, 3.8) is 0 Å². The molecule has 8 atom stereocenters. The van der Waals surface area contributed by atoms with E-state index in [-0.39, 0.29) is 6.42 Å². The van der Waals surface area contributed by atoms with Gasteiger partial charge in [-0.05, 0) is 77.0 Å². The Labute approximate surface area is 368 Å². The molecule has 1 amide bonds. The van der Waals surface area contributed by atoms with E-state index in [2.05, 4.69) is 72.0 Å². The fourth-order valence-corrected chi connectivity index (χ4v) is 7.38. The van der Waals surface area contributed by atoms with E-state index in [9.17, 15) is 43.3 Å². The van der Waals surface area contributed by atoms with Crippen LogP contribution in [-0.4, -0.2) is 107 Å². The van der Waals surface area contributed by atoms with Crippen LogP contribution in [0.1, 0.15) is 168 Å². The lowest BCUT2D eigenvalue weighted by molar-refractivity contribution is -0.298. The smallest absolute Gasteiger partial charge is 0.394 e. The van der Waals surface area contributed by atoms with Crippen LogP contribution in [0.15, 0.2) is 60.8 Å². The van der Waals surface area contributed by atoms with Crippen LogP contribution in [-0.2, 0) is 28.9 Å².